The van der Waals surface area contributed by atoms with Crippen LogP contribution < -0.4 is 0 Å². The maximum absolute atomic E-state index is 12.6. The van der Waals surface area contributed by atoms with Crippen molar-refractivity contribution >= 4 is 11.9 Å². The van der Waals surface area contributed by atoms with E-state index < -0.39 is 23.3 Å². The molecule has 29 heavy (non-hydrogen) atoms. The average molecular weight is 410 g/mol. The van der Waals surface area contributed by atoms with Crippen LogP contribution in [0.2, 0.25) is 0 Å². The first-order valence-electron chi connectivity index (χ1n) is 11.5. The molecule has 0 aliphatic rings. The Morgan fingerprint density at radius 1 is 0.966 bits per heavy atom. The normalized spacial score (nSPS) is 15.2. The van der Waals surface area contributed by atoms with Gasteiger partial charge in [-0.3, -0.25) is 9.59 Å². The predicted molar refractivity (Wildman–Crippen MR) is 116 cm³/mol. The van der Waals surface area contributed by atoms with E-state index in [1.54, 1.807) is 13.8 Å². The monoisotopic (exact) mass is 409 g/mol. The standard InChI is InChI=1S/C24H43NO4/c1-7-10-11-14-20(6)24(18-25,15-12-13-19(4)5)17-21(23(27)29-9-3)16-22(26)28-8-2/h19-21H,7-17H2,1-6H3. The van der Waals surface area contributed by atoms with Crippen LogP contribution in [0.3, 0.4) is 0 Å². The number of nitrogens with zero attached hydrogens (tertiary/aromatic N) is 1. The molecule has 168 valence electrons. The molecule has 0 bridgehead atoms. The third-order valence-electron chi connectivity index (χ3n) is 5.76. The fraction of sp³-hybridized carbons (Fsp3) is 0.875. The van der Waals surface area contributed by atoms with Crippen LogP contribution in [0.4, 0.5) is 0 Å². The van der Waals surface area contributed by atoms with Crippen LogP contribution in [0, 0.1) is 34.5 Å². The van der Waals surface area contributed by atoms with Gasteiger partial charge in [0.2, 0.25) is 0 Å². The highest BCUT2D eigenvalue weighted by Gasteiger charge is 2.41. The van der Waals surface area contributed by atoms with Crippen LogP contribution in [0.5, 0.6) is 0 Å². The lowest BCUT2D eigenvalue weighted by atomic mass is 9.66. The van der Waals surface area contributed by atoms with Gasteiger partial charge in [0.1, 0.15) is 0 Å². The summed E-state index contributed by atoms with van der Waals surface area (Å²) < 4.78 is 10.3. The lowest BCUT2D eigenvalue weighted by molar-refractivity contribution is -0.156. The zero-order valence-electron chi connectivity index (χ0n) is 19.6. The molecule has 0 aromatic heterocycles. The Labute approximate surface area is 178 Å². The van der Waals surface area contributed by atoms with Crippen LogP contribution >= 0.6 is 0 Å². The molecule has 5 nitrogen and oxygen atoms in total. The number of hydrogen-bond donors (Lipinski definition) is 0. The van der Waals surface area contributed by atoms with Crippen LogP contribution in [0.1, 0.15) is 99.3 Å². The van der Waals surface area contributed by atoms with E-state index in [1.165, 1.54) is 0 Å². The molecule has 3 unspecified atom stereocenters. The molecule has 0 amide bonds. The van der Waals surface area contributed by atoms with E-state index in [4.69, 9.17) is 9.47 Å². The summed E-state index contributed by atoms with van der Waals surface area (Å²) in [6, 6.07) is 2.59. The Bertz CT molecular complexity index is 512. The van der Waals surface area contributed by atoms with Gasteiger partial charge in [-0.15, -0.1) is 0 Å². The Balaban J connectivity index is 5.59. The van der Waals surface area contributed by atoms with Crippen molar-refractivity contribution in [3.63, 3.8) is 0 Å². The van der Waals surface area contributed by atoms with Crippen molar-refractivity contribution in [1.82, 2.24) is 0 Å². The van der Waals surface area contributed by atoms with E-state index in [9.17, 15) is 14.9 Å². The highest BCUT2D eigenvalue weighted by Crippen LogP contribution is 2.43. The summed E-state index contributed by atoms with van der Waals surface area (Å²) in [5.74, 6) is -0.711. The number of hydrogen-bond acceptors (Lipinski definition) is 5. The topological polar surface area (TPSA) is 76.4 Å². The molecule has 3 atom stereocenters. The lowest BCUT2D eigenvalue weighted by Crippen LogP contribution is -2.34. The van der Waals surface area contributed by atoms with Gasteiger partial charge in [-0.25, -0.2) is 0 Å². The van der Waals surface area contributed by atoms with Crippen molar-refractivity contribution in [2.75, 3.05) is 13.2 Å². The molecule has 0 aromatic rings. The van der Waals surface area contributed by atoms with E-state index in [1.807, 2.05) is 0 Å². The maximum Gasteiger partial charge on any atom is 0.309 e. The summed E-state index contributed by atoms with van der Waals surface area (Å²) in [5, 5.41) is 10.2. The van der Waals surface area contributed by atoms with E-state index in [2.05, 4.69) is 33.8 Å². The quantitative estimate of drug-likeness (QED) is 0.229. The molecule has 0 saturated heterocycles. The first-order valence-corrected chi connectivity index (χ1v) is 11.5. The molecule has 0 heterocycles. The van der Waals surface area contributed by atoms with Crippen molar-refractivity contribution < 1.29 is 19.1 Å². The second kappa shape index (κ2) is 15.3. The van der Waals surface area contributed by atoms with Crippen LogP contribution in [-0.2, 0) is 19.1 Å². The minimum atomic E-state index is -0.638. The summed E-state index contributed by atoms with van der Waals surface area (Å²) in [6.45, 7) is 12.7. The summed E-state index contributed by atoms with van der Waals surface area (Å²) >= 11 is 0. The molecule has 0 rings (SSSR count). The fourth-order valence-electron chi connectivity index (χ4n) is 3.92. The van der Waals surface area contributed by atoms with Crippen LogP contribution in [0.15, 0.2) is 0 Å². The smallest absolute Gasteiger partial charge is 0.309 e. The Kier molecular flexibility index (Phi) is 14.5. The van der Waals surface area contributed by atoms with Crippen LogP contribution in [-0.4, -0.2) is 25.2 Å². The zero-order chi connectivity index (χ0) is 22.3. The van der Waals surface area contributed by atoms with E-state index in [0.717, 1.165) is 44.9 Å². The number of rotatable bonds is 16. The molecule has 0 aliphatic heterocycles. The Morgan fingerprint density at radius 3 is 2.14 bits per heavy atom. The summed E-state index contributed by atoms with van der Waals surface area (Å²) in [5.41, 5.74) is -0.632. The number of ether oxygens (including phenoxy) is 2. The molecule has 0 spiro atoms. The third kappa shape index (κ3) is 10.7. The van der Waals surface area contributed by atoms with Crippen molar-refractivity contribution in [2.24, 2.45) is 23.2 Å². The molecule has 0 N–H and O–H groups in total. The van der Waals surface area contributed by atoms with Gasteiger partial charge in [0, 0.05) is 0 Å². The molecule has 0 saturated carbocycles. The van der Waals surface area contributed by atoms with Gasteiger partial charge in [-0.05, 0) is 44.9 Å². The zero-order valence-corrected chi connectivity index (χ0v) is 19.6. The summed E-state index contributed by atoms with van der Waals surface area (Å²) in [6.07, 6.45) is 7.37. The Hall–Kier alpha value is -1.57. The van der Waals surface area contributed by atoms with E-state index in [0.29, 0.717) is 12.3 Å². The van der Waals surface area contributed by atoms with Crippen molar-refractivity contribution in [3.8, 4) is 6.07 Å². The van der Waals surface area contributed by atoms with E-state index in [-0.39, 0.29) is 25.6 Å². The molecule has 0 aromatic carbocycles. The molecule has 0 aliphatic carbocycles. The van der Waals surface area contributed by atoms with Gasteiger partial charge in [0.05, 0.1) is 37.0 Å². The SMILES string of the molecule is CCCCCC(C)C(C#N)(CCCC(C)C)CC(CC(=O)OCC)C(=O)OCC. The lowest BCUT2D eigenvalue weighted by Gasteiger charge is -2.36. The highest BCUT2D eigenvalue weighted by molar-refractivity contribution is 5.80. The maximum atomic E-state index is 12.6. The number of nitriles is 1. The Morgan fingerprint density at radius 2 is 1.62 bits per heavy atom. The molecular formula is C24H43NO4. The van der Waals surface area contributed by atoms with E-state index >= 15 is 0 Å². The molecule has 0 fully saturated rings. The summed E-state index contributed by atoms with van der Waals surface area (Å²) in [4.78, 5) is 24.7. The highest BCUT2D eigenvalue weighted by atomic mass is 16.5. The van der Waals surface area contributed by atoms with Crippen molar-refractivity contribution in [2.45, 2.75) is 99.3 Å². The fourth-order valence-corrected chi connectivity index (χ4v) is 3.92. The van der Waals surface area contributed by atoms with Gasteiger partial charge >= 0.3 is 11.9 Å². The summed E-state index contributed by atoms with van der Waals surface area (Å²) in [7, 11) is 0. The van der Waals surface area contributed by atoms with Gasteiger partial charge in [-0.2, -0.15) is 5.26 Å². The van der Waals surface area contributed by atoms with Gasteiger partial charge in [0.25, 0.3) is 0 Å². The van der Waals surface area contributed by atoms with Crippen molar-refractivity contribution in [1.29, 1.82) is 5.26 Å². The minimum Gasteiger partial charge on any atom is -0.466 e. The first-order chi connectivity index (χ1) is 13.8. The molecular weight excluding hydrogens is 366 g/mol. The number of carbonyl (C=O) groups excluding carboxylic acids is 2. The number of carbonyl (C=O) groups is 2. The average Bonchev–Trinajstić information content (AvgIpc) is 2.66. The number of unbranched alkanes of at least 4 members (excludes halogenated alkanes) is 2. The number of esters is 2. The van der Waals surface area contributed by atoms with Gasteiger partial charge in [0.15, 0.2) is 0 Å². The van der Waals surface area contributed by atoms with Crippen molar-refractivity contribution in [3.05, 3.63) is 0 Å². The largest absolute Gasteiger partial charge is 0.466 e. The molecule has 5 heteroatoms. The predicted octanol–water partition coefficient (Wildman–Crippen LogP) is 6.06. The minimum absolute atomic E-state index is 0.0258. The first kappa shape index (κ1) is 27.4. The second-order valence-corrected chi connectivity index (χ2v) is 8.61. The third-order valence-corrected chi connectivity index (χ3v) is 5.76. The molecule has 0 radical (unpaired) electrons. The van der Waals surface area contributed by atoms with Crippen LogP contribution in [0.25, 0.3) is 0 Å². The second-order valence-electron chi connectivity index (χ2n) is 8.61. The van der Waals surface area contributed by atoms with Gasteiger partial charge < -0.3 is 9.47 Å². The van der Waals surface area contributed by atoms with Gasteiger partial charge in [-0.1, -0.05) is 59.8 Å².